The summed E-state index contributed by atoms with van der Waals surface area (Å²) in [7, 11) is 0. The third kappa shape index (κ3) is 35.6. The van der Waals surface area contributed by atoms with Gasteiger partial charge in [-0.05, 0) is 40.0 Å². The second-order valence-electron chi connectivity index (χ2n) is 6.50. The van der Waals surface area contributed by atoms with Gasteiger partial charge in [-0.2, -0.15) is 0 Å². The Kier molecular flexibility index (Phi) is 28.7. The number of Topliss-reactive ketones (excluding diaryl/α,β-unsaturated/α-hetero) is 6. The van der Waals surface area contributed by atoms with Crippen molar-refractivity contribution in [2.75, 3.05) is 0 Å². The molecule has 0 heterocycles. The molecule has 0 aliphatic carbocycles. The monoisotopic (exact) mass is 440 g/mol. The zero-order valence-electron chi connectivity index (χ0n) is 18.2. The second-order valence-corrected chi connectivity index (χ2v) is 6.50. The van der Waals surface area contributed by atoms with E-state index in [9.17, 15) is 28.8 Å². The van der Waals surface area contributed by atoms with Crippen LogP contribution >= 0.6 is 0 Å². The maximum absolute atomic E-state index is 10.6. The molecule has 0 fully saturated rings. The molecule has 0 aromatic carbocycles. The predicted molar refractivity (Wildman–Crippen MR) is 106 cm³/mol. The second kappa shape index (κ2) is 23.6. The summed E-state index contributed by atoms with van der Waals surface area (Å²) in [5, 5.41) is 0. The first-order valence-electron chi connectivity index (χ1n) is 9.53. The number of carbonyl (C=O) groups is 6. The molecule has 7 heteroatoms. The van der Waals surface area contributed by atoms with E-state index in [0.29, 0.717) is 19.3 Å². The van der Waals surface area contributed by atoms with Crippen LogP contribution in [0, 0.1) is 0 Å². The first kappa shape index (κ1) is 34.1. The summed E-state index contributed by atoms with van der Waals surface area (Å²) >= 11 is 0. The Hall–Kier alpha value is -1.46. The van der Waals surface area contributed by atoms with Crippen molar-refractivity contribution in [2.24, 2.45) is 0 Å². The van der Waals surface area contributed by atoms with Crippen LogP contribution in [0.5, 0.6) is 0 Å². The number of ketones is 6. The summed E-state index contributed by atoms with van der Waals surface area (Å²) in [6.45, 7) is 10.1. The van der Waals surface area contributed by atoms with Crippen LogP contribution in [-0.4, -0.2) is 34.7 Å². The first-order valence-corrected chi connectivity index (χ1v) is 9.53. The summed E-state index contributed by atoms with van der Waals surface area (Å²) in [6, 6.07) is 0. The molecular weight excluding hydrogens is 404 g/mol. The van der Waals surface area contributed by atoms with Crippen molar-refractivity contribution in [3.05, 3.63) is 0 Å². The van der Waals surface area contributed by atoms with Crippen molar-refractivity contribution in [3.8, 4) is 0 Å². The normalized spacial score (nSPS) is 8.79. The number of carbonyl (C=O) groups excluding carboxylic acids is 6. The molecule has 0 unspecified atom stereocenters. The Morgan fingerprint density at radius 1 is 0.464 bits per heavy atom. The first-order chi connectivity index (χ1) is 12.5. The number of hydrogen-bond acceptors (Lipinski definition) is 6. The van der Waals surface area contributed by atoms with E-state index < -0.39 is 0 Å². The summed E-state index contributed by atoms with van der Waals surface area (Å²) < 4.78 is 0. The number of rotatable bonds is 12. The average molecular weight is 440 g/mol. The van der Waals surface area contributed by atoms with Gasteiger partial charge in [0.25, 0.3) is 0 Å². The minimum atomic E-state index is -0.0338. The molecule has 0 aliphatic rings. The fourth-order valence-corrected chi connectivity index (χ4v) is 1.93. The van der Waals surface area contributed by atoms with Gasteiger partial charge in [-0.1, -0.05) is 20.8 Å². The molecule has 0 atom stereocenters. The van der Waals surface area contributed by atoms with Gasteiger partial charge in [0.2, 0.25) is 0 Å². The molecule has 0 saturated carbocycles. The molecule has 0 N–H and O–H groups in total. The molecule has 0 rings (SSSR count). The van der Waals surface area contributed by atoms with Crippen molar-refractivity contribution in [3.63, 3.8) is 0 Å². The third-order valence-electron chi connectivity index (χ3n) is 2.92. The molecule has 0 radical (unpaired) electrons. The van der Waals surface area contributed by atoms with Crippen molar-refractivity contribution < 1.29 is 45.8 Å². The van der Waals surface area contributed by atoms with E-state index in [0.717, 1.165) is 19.3 Å². The quantitative estimate of drug-likeness (QED) is 0.336. The van der Waals surface area contributed by atoms with Crippen LogP contribution in [0.3, 0.4) is 0 Å². The van der Waals surface area contributed by atoms with Crippen LogP contribution in [-0.2, 0) is 45.8 Å². The maximum Gasteiger partial charge on any atom is 0.140 e. The van der Waals surface area contributed by atoms with Gasteiger partial charge >= 0.3 is 0 Å². The third-order valence-corrected chi connectivity index (χ3v) is 2.92. The molecular formula is C21H36FeO6. The Morgan fingerprint density at radius 2 is 0.643 bits per heavy atom. The molecule has 0 spiro atoms. The Morgan fingerprint density at radius 3 is 0.750 bits per heavy atom. The van der Waals surface area contributed by atoms with Crippen LogP contribution < -0.4 is 0 Å². The van der Waals surface area contributed by atoms with Crippen molar-refractivity contribution in [1.29, 1.82) is 0 Å². The van der Waals surface area contributed by atoms with Gasteiger partial charge in [0.05, 0.1) is 19.3 Å². The average Bonchev–Trinajstić information content (AvgIpc) is 2.46. The van der Waals surface area contributed by atoms with E-state index >= 15 is 0 Å². The van der Waals surface area contributed by atoms with Crippen molar-refractivity contribution in [2.45, 2.75) is 99.3 Å². The van der Waals surface area contributed by atoms with Crippen LogP contribution in [0.4, 0.5) is 0 Å². The van der Waals surface area contributed by atoms with E-state index in [2.05, 4.69) is 0 Å². The number of hydrogen-bond donors (Lipinski definition) is 0. The van der Waals surface area contributed by atoms with E-state index in [1.807, 2.05) is 20.8 Å². The van der Waals surface area contributed by atoms with E-state index in [1.54, 1.807) is 0 Å². The zero-order valence-corrected chi connectivity index (χ0v) is 19.3. The predicted octanol–water partition coefficient (Wildman–Crippen LogP) is 4.00. The minimum absolute atomic E-state index is 0. The maximum atomic E-state index is 10.6. The van der Waals surface area contributed by atoms with Gasteiger partial charge in [-0.25, -0.2) is 0 Å². The Labute approximate surface area is 180 Å². The molecule has 0 aliphatic heterocycles. The molecule has 164 valence electrons. The summed E-state index contributed by atoms with van der Waals surface area (Å²) in [6.07, 6.45) is 4.50. The molecule has 0 amide bonds. The largest absolute Gasteiger partial charge is 0.300 e. The van der Waals surface area contributed by atoms with Crippen LogP contribution in [0.2, 0.25) is 0 Å². The van der Waals surface area contributed by atoms with Crippen LogP contribution in [0.1, 0.15) is 99.3 Å². The van der Waals surface area contributed by atoms with E-state index in [1.165, 1.54) is 20.8 Å². The van der Waals surface area contributed by atoms with Gasteiger partial charge in [0, 0.05) is 36.3 Å². The van der Waals surface area contributed by atoms with E-state index in [4.69, 9.17) is 0 Å². The standard InChI is InChI=1S/3C7H12O2.Fe/c3*1-3-4-7(9)5-6(2)8;/h3*3-5H2,1-2H3;. The smallest absolute Gasteiger partial charge is 0.140 e. The molecule has 0 aromatic rings. The molecule has 6 nitrogen and oxygen atoms in total. The van der Waals surface area contributed by atoms with Crippen molar-refractivity contribution in [1.82, 2.24) is 0 Å². The van der Waals surface area contributed by atoms with Crippen LogP contribution in [0.15, 0.2) is 0 Å². The summed E-state index contributed by atoms with van der Waals surface area (Å²) in [4.78, 5) is 62.8. The van der Waals surface area contributed by atoms with E-state index in [-0.39, 0.29) is 71.0 Å². The zero-order chi connectivity index (χ0) is 21.8. The molecule has 0 saturated heterocycles. The topological polar surface area (TPSA) is 102 Å². The summed E-state index contributed by atoms with van der Waals surface area (Å²) in [5.41, 5.74) is 0. The van der Waals surface area contributed by atoms with Gasteiger partial charge < -0.3 is 0 Å². The summed E-state index contributed by atoms with van der Waals surface area (Å²) in [5.74, 6) is 0.0790. The van der Waals surface area contributed by atoms with Gasteiger partial charge in [0.1, 0.15) is 34.7 Å². The van der Waals surface area contributed by atoms with Crippen LogP contribution in [0.25, 0.3) is 0 Å². The van der Waals surface area contributed by atoms with Gasteiger partial charge in [-0.15, -0.1) is 0 Å². The Balaban J connectivity index is -0.000000152. The minimum Gasteiger partial charge on any atom is -0.300 e. The molecule has 28 heavy (non-hydrogen) atoms. The fourth-order valence-electron chi connectivity index (χ4n) is 1.93. The molecule has 0 aromatic heterocycles. The Bertz CT molecular complexity index is 426. The molecule has 0 bridgehead atoms. The van der Waals surface area contributed by atoms with Gasteiger partial charge in [-0.3, -0.25) is 28.8 Å². The fraction of sp³-hybridized carbons (Fsp3) is 0.714. The SMILES string of the molecule is CCCC(=O)CC(C)=O.CCCC(=O)CC(C)=O.CCCC(=O)CC(C)=O.[Fe]. The van der Waals surface area contributed by atoms with Gasteiger partial charge in [0.15, 0.2) is 0 Å². The van der Waals surface area contributed by atoms with Crippen molar-refractivity contribution >= 4 is 34.7 Å².